The summed E-state index contributed by atoms with van der Waals surface area (Å²) in [4.78, 5) is 13.0. The van der Waals surface area contributed by atoms with Crippen molar-refractivity contribution in [3.63, 3.8) is 0 Å². The van der Waals surface area contributed by atoms with Crippen LogP contribution in [0.2, 0.25) is 5.02 Å². The fourth-order valence-corrected chi connectivity index (χ4v) is 4.75. The van der Waals surface area contributed by atoms with Crippen LogP contribution in [-0.2, 0) is 21.2 Å². The molecular weight excluding hydrogens is 593 g/mol. The van der Waals surface area contributed by atoms with E-state index in [0.29, 0.717) is 5.56 Å². The van der Waals surface area contributed by atoms with Crippen LogP contribution in [0.15, 0.2) is 76.7 Å². The number of halogens is 2. The van der Waals surface area contributed by atoms with Crippen molar-refractivity contribution in [3.8, 4) is 11.5 Å². The van der Waals surface area contributed by atoms with E-state index in [0.717, 1.165) is 9.13 Å². The van der Waals surface area contributed by atoms with Crippen molar-refractivity contribution in [2.45, 2.75) is 17.4 Å². The Hall–Kier alpha value is -2.67. The van der Waals surface area contributed by atoms with Crippen LogP contribution in [0.3, 0.4) is 0 Å². The third-order valence-electron chi connectivity index (χ3n) is 4.68. The predicted molar refractivity (Wildman–Crippen MR) is 139 cm³/mol. The van der Waals surface area contributed by atoms with Gasteiger partial charge in [0.25, 0.3) is 5.91 Å². The largest absolute Gasteiger partial charge is 0.503 e. The first-order valence-electron chi connectivity index (χ1n) is 9.91. The van der Waals surface area contributed by atoms with Crippen molar-refractivity contribution in [1.29, 1.82) is 0 Å². The van der Waals surface area contributed by atoms with Crippen LogP contribution < -0.4 is 14.9 Å². The number of carbonyl (C=O) groups excluding carboxylic acids is 1. The van der Waals surface area contributed by atoms with Gasteiger partial charge in [-0.25, -0.2) is 13.8 Å². The van der Waals surface area contributed by atoms with Crippen LogP contribution >= 0.6 is 34.2 Å². The van der Waals surface area contributed by atoms with E-state index in [2.05, 4.69) is 37.8 Å². The molecule has 0 unspecified atom stereocenters. The monoisotopic (exact) mass is 613 g/mol. The first-order valence-corrected chi connectivity index (χ1v) is 12.8. The molecule has 1 amide bonds. The molecule has 0 spiro atoms. The van der Waals surface area contributed by atoms with Crippen LogP contribution in [0.4, 0.5) is 0 Å². The van der Waals surface area contributed by atoms with Crippen molar-refractivity contribution in [2.24, 2.45) is 5.10 Å². The van der Waals surface area contributed by atoms with Crippen LogP contribution in [-0.4, -0.2) is 38.8 Å². The summed E-state index contributed by atoms with van der Waals surface area (Å²) >= 11 is 8.04. The second kappa shape index (κ2) is 11.6. The van der Waals surface area contributed by atoms with Gasteiger partial charge in [-0.1, -0.05) is 41.9 Å². The third-order valence-corrected chi connectivity index (χ3v) is 7.17. The van der Waals surface area contributed by atoms with Gasteiger partial charge in [0.2, 0.25) is 10.0 Å². The number of methoxy groups -OCH3 is 1. The number of hydrazone groups is 1. The first kappa shape index (κ1) is 25.9. The summed E-state index contributed by atoms with van der Waals surface area (Å²) in [5, 5.41) is 13.8. The molecular formula is C23H21ClIN3O5S. The SMILES string of the molecule is COc1cc(/C=N\NC(=O)[C@H](Cc2ccccc2)NS(=O)(=O)c2ccc(I)cc2)cc(Cl)c1O. The van der Waals surface area contributed by atoms with Gasteiger partial charge in [-0.05, 0) is 76.5 Å². The maximum Gasteiger partial charge on any atom is 0.258 e. The standard InChI is InChI=1S/C23H21ClIN3O5S/c1-33-21-13-16(11-19(24)22(21)29)14-26-27-23(30)20(12-15-5-3-2-4-6-15)28-34(31,32)18-9-7-17(25)8-10-18/h2-11,13-14,20,28-29H,12H2,1H3,(H,27,30)/b26-14-/t20-/m0/s1. The lowest BCUT2D eigenvalue weighted by Crippen LogP contribution is -2.46. The van der Waals surface area contributed by atoms with Gasteiger partial charge in [0.15, 0.2) is 11.5 Å². The smallest absolute Gasteiger partial charge is 0.258 e. The Labute approximate surface area is 216 Å². The molecule has 0 bridgehead atoms. The van der Waals surface area contributed by atoms with E-state index in [4.69, 9.17) is 16.3 Å². The highest BCUT2D eigenvalue weighted by Gasteiger charge is 2.26. The first-order chi connectivity index (χ1) is 16.2. The number of nitrogens with one attached hydrogen (secondary N) is 2. The zero-order valence-electron chi connectivity index (χ0n) is 17.9. The lowest BCUT2D eigenvalue weighted by molar-refractivity contribution is -0.122. The zero-order chi connectivity index (χ0) is 24.7. The molecule has 178 valence electrons. The summed E-state index contributed by atoms with van der Waals surface area (Å²) in [5.41, 5.74) is 3.59. The second-order valence-electron chi connectivity index (χ2n) is 7.11. The average Bonchev–Trinajstić information content (AvgIpc) is 2.81. The molecule has 8 nitrogen and oxygen atoms in total. The number of hydrogen-bond acceptors (Lipinski definition) is 6. The molecule has 1 atom stereocenters. The minimum atomic E-state index is -3.97. The Bertz CT molecular complexity index is 1290. The highest BCUT2D eigenvalue weighted by Crippen LogP contribution is 2.34. The molecule has 0 aliphatic carbocycles. The number of amides is 1. The highest BCUT2D eigenvalue weighted by atomic mass is 127. The van der Waals surface area contributed by atoms with Gasteiger partial charge in [0.1, 0.15) is 6.04 Å². The minimum Gasteiger partial charge on any atom is -0.503 e. The van der Waals surface area contributed by atoms with Crippen molar-refractivity contribution in [1.82, 2.24) is 10.1 Å². The molecule has 0 aliphatic heterocycles. The number of nitrogens with zero attached hydrogens (tertiary/aromatic N) is 1. The lowest BCUT2D eigenvalue weighted by atomic mass is 10.1. The van der Waals surface area contributed by atoms with E-state index in [1.165, 1.54) is 37.6 Å². The van der Waals surface area contributed by atoms with Gasteiger partial charge in [-0.2, -0.15) is 9.82 Å². The molecule has 11 heteroatoms. The molecule has 34 heavy (non-hydrogen) atoms. The molecule has 3 aromatic rings. The number of aromatic hydroxyl groups is 1. The second-order valence-corrected chi connectivity index (χ2v) is 10.5. The molecule has 0 saturated carbocycles. The number of hydrogen-bond donors (Lipinski definition) is 3. The zero-order valence-corrected chi connectivity index (χ0v) is 21.6. The maximum atomic E-state index is 12.9. The number of phenolic OH excluding ortho intramolecular Hbond substituents is 1. The predicted octanol–water partition coefficient (Wildman–Crippen LogP) is 3.70. The Balaban J connectivity index is 1.80. The van der Waals surface area contributed by atoms with Crippen LogP contribution in [0.1, 0.15) is 11.1 Å². The summed E-state index contributed by atoms with van der Waals surface area (Å²) in [5.74, 6) is -0.711. The van der Waals surface area contributed by atoms with Crippen LogP contribution in [0, 0.1) is 3.57 Å². The van der Waals surface area contributed by atoms with Crippen molar-refractivity contribution < 1.29 is 23.1 Å². The molecule has 0 radical (unpaired) electrons. The molecule has 3 aromatic carbocycles. The molecule has 0 heterocycles. The molecule has 3 N–H and O–H groups in total. The van der Waals surface area contributed by atoms with Crippen molar-refractivity contribution >= 4 is 56.3 Å². The Morgan fingerprint density at radius 2 is 1.85 bits per heavy atom. The van der Waals surface area contributed by atoms with Crippen LogP contribution in [0.25, 0.3) is 0 Å². The van der Waals surface area contributed by atoms with Crippen molar-refractivity contribution in [2.75, 3.05) is 7.11 Å². The number of ether oxygens (including phenoxy) is 1. The third kappa shape index (κ3) is 6.92. The fourth-order valence-electron chi connectivity index (χ4n) is 2.98. The molecule has 0 saturated heterocycles. The van der Waals surface area contributed by atoms with Gasteiger partial charge in [0, 0.05) is 3.57 Å². The van der Waals surface area contributed by atoms with Gasteiger partial charge in [-0.3, -0.25) is 4.79 Å². The van der Waals surface area contributed by atoms with Gasteiger partial charge in [0.05, 0.1) is 23.2 Å². The number of sulfonamides is 1. The van der Waals surface area contributed by atoms with E-state index >= 15 is 0 Å². The summed E-state index contributed by atoms with van der Waals surface area (Å²) in [6.45, 7) is 0. The Morgan fingerprint density at radius 3 is 2.50 bits per heavy atom. The molecule has 0 fully saturated rings. The number of phenols is 1. The van der Waals surface area contributed by atoms with Crippen molar-refractivity contribution in [3.05, 3.63) is 86.4 Å². The summed E-state index contributed by atoms with van der Waals surface area (Å²) in [6, 6.07) is 17.1. The minimum absolute atomic E-state index is 0.0492. The van der Waals surface area contributed by atoms with E-state index in [1.807, 2.05) is 6.07 Å². The highest BCUT2D eigenvalue weighted by molar-refractivity contribution is 14.1. The normalized spacial score (nSPS) is 12.4. The van der Waals surface area contributed by atoms with E-state index in [9.17, 15) is 18.3 Å². The maximum absolute atomic E-state index is 12.9. The Morgan fingerprint density at radius 1 is 1.18 bits per heavy atom. The Kier molecular flexibility index (Phi) is 8.89. The summed E-state index contributed by atoms with van der Waals surface area (Å²) in [7, 11) is -2.59. The fraction of sp³-hybridized carbons (Fsp3) is 0.130. The van der Waals surface area contributed by atoms with Gasteiger partial charge >= 0.3 is 0 Å². The topological polar surface area (TPSA) is 117 Å². The van der Waals surface area contributed by atoms with E-state index in [1.54, 1.807) is 36.4 Å². The molecule has 0 aliphatic rings. The molecule has 3 rings (SSSR count). The van der Waals surface area contributed by atoms with Gasteiger partial charge in [-0.15, -0.1) is 0 Å². The number of carbonyl (C=O) groups is 1. The van der Waals surface area contributed by atoms with E-state index < -0.39 is 22.0 Å². The summed E-state index contributed by atoms with van der Waals surface area (Å²) in [6.07, 6.45) is 1.42. The van der Waals surface area contributed by atoms with Crippen LogP contribution in [0.5, 0.6) is 11.5 Å². The quantitative estimate of drug-likeness (QED) is 0.193. The lowest BCUT2D eigenvalue weighted by Gasteiger charge is -2.17. The number of benzene rings is 3. The number of rotatable bonds is 9. The van der Waals surface area contributed by atoms with E-state index in [-0.39, 0.29) is 27.8 Å². The van der Waals surface area contributed by atoms with Gasteiger partial charge < -0.3 is 9.84 Å². The molecule has 0 aromatic heterocycles. The summed E-state index contributed by atoms with van der Waals surface area (Å²) < 4.78 is 34.2. The average molecular weight is 614 g/mol.